The fraction of sp³-hybridized carbons (Fsp3) is 0.467. The quantitative estimate of drug-likeness (QED) is 0.817. The summed E-state index contributed by atoms with van der Waals surface area (Å²) in [6.07, 6.45) is 0. The van der Waals surface area contributed by atoms with Crippen molar-refractivity contribution in [2.24, 2.45) is 5.92 Å². The van der Waals surface area contributed by atoms with Gasteiger partial charge in [-0.15, -0.1) is 0 Å². The summed E-state index contributed by atoms with van der Waals surface area (Å²) < 4.78 is 0. The molecule has 0 radical (unpaired) electrons. The Morgan fingerprint density at radius 1 is 1.39 bits per heavy atom. The molecule has 0 aromatic heterocycles. The number of carbonyl (C=O) groups is 1. The molecule has 3 nitrogen and oxygen atoms in total. The first-order valence-corrected chi connectivity index (χ1v) is 6.10. The molecule has 0 fully saturated rings. The summed E-state index contributed by atoms with van der Waals surface area (Å²) in [5.74, 6) is -0.110. The fourth-order valence-corrected chi connectivity index (χ4v) is 1.99. The maximum Gasteiger partial charge on any atom is 0.232 e. The minimum Gasteiger partial charge on any atom is -0.344 e. The molecule has 1 aromatic rings. The number of nitrogens with zero attached hydrogens (tertiary/aromatic N) is 2. The summed E-state index contributed by atoms with van der Waals surface area (Å²) in [5.41, 5.74) is 0.428. The monoisotopic (exact) mass is 244 g/mol. The van der Waals surface area contributed by atoms with Crippen molar-refractivity contribution in [2.45, 2.75) is 26.2 Å². The van der Waals surface area contributed by atoms with Crippen LogP contribution in [-0.4, -0.2) is 24.4 Å². The van der Waals surface area contributed by atoms with Crippen molar-refractivity contribution >= 4 is 5.91 Å². The topological polar surface area (TPSA) is 44.1 Å². The lowest BCUT2D eigenvalue weighted by Crippen LogP contribution is -2.42. The van der Waals surface area contributed by atoms with Crippen molar-refractivity contribution in [3.63, 3.8) is 0 Å². The van der Waals surface area contributed by atoms with Gasteiger partial charge in [-0.25, -0.2) is 0 Å². The fourth-order valence-electron chi connectivity index (χ4n) is 1.99. The van der Waals surface area contributed by atoms with Crippen LogP contribution in [-0.2, 0) is 10.2 Å². The van der Waals surface area contributed by atoms with Crippen molar-refractivity contribution in [1.29, 1.82) is 5.26 Å². The van der Waals surface area contributed by atoms with Crippen molar-refractivity contribution in [3.8, 4) is 6.07 Å². The summed E-state index contributed by atoms with van der Waals surface area (Å²) in [4.78, 5) is 14.1. The molecule has 1 aromatic carbocycles. The van der Waals surface area contributed by atoms with Gasteiger partial charge >= 0.3 is 0 Å². The van der Waals surface area contributed by atoms with E-state index >= 15 is 0 Å². The highest BCUT2D eigenvalue weighted by Crippen LogP contribution is 2.25. The molecule has 96 valence electrons. The Hall–Kier alpha value is -1.82. The van der Waals surface area contributed by atoms with Crippen molar-refractivity contribution < 1.29 is 4.79 Å². The Morgan fingerprint density at radius 2 is 1.94 bits per heavy atom. The predicted molar refractivity (Wildman–Crippen MR) is 71.9 cm³/mol. The Labute approximate surface area is 109 Å². The number of benzene rings is 1. The third kappa shape index (κ3) is 3.10. The van der Waals surface area contributed by atoms with Crippen LogP contribution in [0.3, 0.4) is 0 Å². The number of carbonyl (C=O) groups excluding carboxylic acids is 1. The first-order chi connectivity index (χ1) is 8.39. The molecule has 3 heteroatoms. The first kappa shape index (κ1) is 14.2. The van der Waals surface area contributed by atoms with Gasteiger partial charge in [-0.3, -0.25) is 4.79 Å². The summed E-state index contributed by atoms with van der Waals surface area (Å²) >= 11 is 0. The van der Waals surface area contributed by atoms with E-state index in [2.05, 4.69) is 6.07 Å². The van der Waals surface area contributed by atoms with Gasteiger partial charge in [-0.1, -0.05) is 30.3 Å². The molecule has 0 heterocycles. The van der Waals surface area contributed by atoms with E-state index in [4.69, 9.17) is 5.26 Å². The molecule has 1 rings (SSSR count). The highest BCUT2D eigenvalue weighted by molar-refractivity contribution is 5.87. The van der Waals surface area contributed by atoms with Gasteiger partial charge in [0.1, 0.15) is 0 Å². The molecule has 0 saturated heterocycles. The summed E-state index contributed by atoms with van der Waals surface area (Å²) in [7, 11) is 1.75. The number of nitriles is 1. The summed E-state index contributed by atoms with van der Waals surface area (Å²) in [6, 6.07) is 11.9. The van der Waals surface area contributed by atoms with Crippen LogP contribution in [0.5, 0.6) is 0 Å². The zero-order valence-corrected chi connectivity index (χ0v) is 11.5. The molecule has 0 N–H and O–H groups in total. The maximum atomic E-state index is 12.4. The van der Waals surface area contributed by atoms with E-state index in [-0.39, 0.29) is 11.8 Å². The van der Waals surface area contributed by atoms with Crippen LogP contribution in [0.4, 0.5) is 0 Å². The molecule has 0 aliphatic carbocycles. The van der Waals surface area contributed by atoms with E-state index in [0.29, 0.717) is 6.54 Å². The highest BCUT2D eigenvalue weighted by atomic mass is 16.2. The highest BCUT2D eigenvalue weighted by Gasteiger charge is 2.32. The Morgan fingerprint density at radius 3 is 2.44 bits per heavy atom. The third-order valence-corrected chi connectivity index (χ3v) is 3.14. The first-order valence-electron chi connectivity index (χ1n) is 6.10. The van der Waals surface area contributed by atoms with Crippen molar-refractivity contribution in [1.82, 2.24) is 4.90 Å². The number of likely N-dealkylation sites (N-methyl/N-ethyl adjacent to an activating group) is 1. The number of hydrogen-bond acceptors (Lipinski definition) is 2. The van der Waals surface area contributed by atoms with Crippen LogP contribution in [0.2, 0.25) is 0 Å². The lowest BCUT2D eigenvalue weighted by molar-refractivity contribution is -0.135. The Balaban J connectivity index is 2.86. The standard InChI is InChI=1S/C15H20N2O/c1-12(10-16)11-17(4)14(18)15(2,3)13-8-6-5-7-9-13/h5-9,12H,11H2,1-4H3. The van der Waals surface area contributed by atoms with Gasteiger partial charge in [0.25, 0.3) is 0 Å². The molecular weight excluding hydrogens is 224 g/mol. The van der Waals surface area contributed by atoms with E-state index in [9.17, 15) is 4.79 Å². The largest absolute Gasteiger partial charge is 0.344 e. The molecule has 1 unspecified atom stereocenters. The summed E-state index contributed by atoms with van der Waals surface area (Å²) in [6.45, 7) is 6.11. The molecule has 0 spiro atoms. The van der Waals surface area contributed by atoms with Crippen LogP contribution in [0, 0.1) is 17.2 Å². The molecular formula is C15H20N2O. The van der Waals surface area contributed by atoms with Gasteiger partial charge in [0, 0.05) is 13.6 Å². The Bertz CT molecular complexity index is 445. The van der Waals surface area contributed by atoms with E-state index in [1.54, 1.807) is 11.9 Å². The maximum absolute atomic E-state index is 12.4. The summed E-state index contributed by atoms with van der Waals surface area (Å²) in [5, 5.41) is 8.80. The Kier molecular flexibility index (Phi) is 4.49. The van der Waals surface area contributed by atoms with Crippen LogP contribution in [0.1, 0.15) is 26.3 Å². The van der Waals surface area contributed by atoms with Gasteiger partial charge in [-0.05, 0) is 26.3 Å². The van der Waals surface area contributed by atoms with Gasteiger partial charge in [-0.2, -0.15) is 5.26 Å². The van der Waals surface area contributed by atoms with Crippen LogP contribution < -0.4 is 0 Å². The lowest BCUT2D eigenvalue weighted by Gasteiger charge is -2.30. The number of amides is 1. The third-order valence-electron chi connectivity index (χ3n) is 3.14. The molecule has 0 bridgehead atoms. The van der Waals surface area contributed by atoms with E-state index in [1.165, 1.54) is 0 Å². The van der Waals surface area contributed by atoms with Crippen molar-refractivity contribution in [3.05, 3.63) is 35.9 Å². The minimum absolute atomic E-state index is 0.0378. The molecule has 1 atom stereocenters. The zero-order valence-electron chi connectivity index (χ0n) is 11.5. The number of hydrogen-bond donors (Lipinski definition) is 0. The van der Waals surface area contributed by atoms with E-state index in [0.717, 1.165) is 5.56 Å². The average Bonchev–Trinajstić information content (AvgIpc) is 2.38. The second-order valence-electron chi connectivity index (χ2n) is 5.21. The van der Waals surface area contributed by atoms with Gasteiger partial charge in [0.15, 0.2) is 0 Å². The lowest BCUT2D eigenvalue weighted by atomic mass is 9.83. The smallest absolute Gasteiger partial charge is 0.232 e. The molecule has 1 amide bonds. The second-order valence-corrected chi connectivity index (χ2v) is 5.21. The SMILES string of the molecule is CC(C#N)CN(C)C(=O)C(C)(C)c1ccccc1. The minimum atomic E-state index is -0.564. The van der Waals surface area contributed by atoms with E-state index < -0.39 is 5.41 Å². The molecule has 0 saturated carbocycles. The van der Waals surface area contributed by atoms with Crippen LogP contribution in [0.25, 0.3) is 0 Å². The predicted octanol–water partition coefficient (Wildman–Crippen LogP) is 2.58. The molecule has 0 aliphatic heterocycles. The normalized spacial score (nSPS) is 12.6. The average molecular weight is 244 g/mol. The zero-order chi connectivity index (χ0) is 13.8. The molecule has 18 heavy (non-hydrogen) atoms. The van der Waals surface area contributed by atoms with Crippen molar-refractivity contribution in [2.75, 3.05) is 13.6 Å². The van der Waals surface area contributed by atoms with Gasteiger partial charge in [0.05, 0.1) is 17.4 Å². The van der Waals surface area contributed by atoms with E-state index in [1.807, 2.05) is 51.1 Å². The molecule has 0 aliphatic rings. The number of rotatable bonds is 4. The second kappa shape index (κ2) is 5.68. The van der Waals surface area contributed by atoms with Crippen LogP contribution in [0.15, 0.2) is 30.3 Å². The van der Waals surface area contributed by atoms with Gasteiger partial charge < -0.3 is 4.90 Å². The van der Waals surface area contributed by atoms with Crippen LogP contribution >= 0.6 is 0 Å². The van der Waals surface area contributed by atoms with Gasteiger partial charge in [0.2, 0.25) is 5.91 Å².